The van der Waals surface area contributed by atoms with Gasteiger partial charge in [0.1, 0.15) is 0 Å². The van der Waals surface area contributed by atoms with Crippen molar-refractivity contribution in [3.8, 4) is 0 Å². The minimum Gasteiger partial charge on any atom is -0.478 e. The molecule has 2 N–H and O–H groups in total. The summed E-state index contributed by atoms with van der Waals surface area (Å²) in [5.74, 6) is -1.35. The molecule has 0 radical (unpaired) electrons. The van der Waals surface area contributed by atoms with Crippen molar-refractivity contribution in [3.63, 3.8) is 0 Å². The fourth-order valence-electron chi connectivity index (χ4n) is 2.72. The van der Waals surface area contributed by atoms with E-state index in [0.29, 0.717) is 28.6 Å². The van der Waals surface area contributed by atoms with Crippen LogP contribution in [0.25, 0.3) is 21.8 Å². The van der Waals surface area contributed by atoms with Crippen LogP contribution in [-0.2, 0) is 4.74 Å². The van der Waals surface area contributed by atoms with Crippen LogP contribution < -0.4 is 0 Å². The lowest BCUT2D eigenvalue weighted by atomic mass is 10.0. The largest absolute Gasteiger partial charge is 0.478 e. The summed E-state index contributed by atoms with van der Waals surface area (Å²) < 4.78 is 4.99. The van der Waals surface area contributed by atoms with E-state index in [1.54, 1.807) is 38.1 Å². The maximum Gasteiger partial charge on any atom is 0.338 e. The van der Waals surface area contributed by atoms with Gasteiger partial charge in [-0.2, -0.15) is 0 Å². The third-order valence-electron chi connectivity index (χ3n) is 3.70. The van der Waals surface area contributed by atoms with Crippen molar-refractivity contribution in [2.75, 3.05) is 6.61 Å². The van der Waals surface area contributed by atoms with Crippen molar-refractivity contribution in [3.05, 3.63) is 47.0 Å². The van der Waals surface area contributed by atoms with Crippen molar-refractivity contribution in [2.45, 2.75) is 13.8 Å². The zero-order valence-electron chi connectivity index (χ0n) is 12.3. The van der Waals surface area contributed by atoms with Gasteiger partial charge in [0.2, 0.25) is 0 Å². The molecule has 5 heteroatoms. The van der Waals surface area contributed by atoms with E-state index >= 15 is 0 Å². The summed E-state index contributed by atoms with van der Waals surface area (Å²) in [6.45, 7) is 3.84. The number of carboxylic acids is 1. The molecule has 112 valence electrons. The van der Waals surface area contributed by atoms with Crippen molar-refractivity contribution in [1.29, 1.82) is 0 Å². The molecule has 0 spiro atoms. The topological polar surface area (TPSA) is 79.4 Å². The summed E-state index contributed by atoms with van der Waals surface area (Å²) in [6.07, 6.45) is 0. The van der Waals surface area contributed by atoms with E-state index < -0.39 is 11.9 Å². The summed E-state index contributed by atoms with van der Waals surface area (Å²) in [5.41, 5.74) is 2.88. The fourth-order valence-corrected chi connectivity index (χ4v) is 2.72. The first kappa shape index (κ1) is 14.1. The number of benzene rings is 2. The summed E-state index contributed by atoms with van der Waals surface area (Å²) in [5, 5.41) is 10.9. The monoisotopic (exact) mass is 297 g/mol. The summed E-state index contributed by atoms with van der Waals surface area (Å²) >= 11 is 0. The molecular formula is C17H15NO4. The first-order chi connectivity index (χ1) is 10.5. The van der Waals surface area contributed by atoms with Gasteiger partial charge >= 0.3 is 11.9 Å². The number of H-pyrrole nitrogens is 1. The lowest BCUT2D eigenvalue weighted by molar-refractivity contribution is 0.0526. The minimum absolute atomic E-state index is 0.285. The van der Waals surface area contributed by atoms with Crippen LogP contribution in [0.5, 0.6) is 0 Å². The van der Waals surface area contributed by atoms with E-state index in [9.17, 15) is 14.7 Å². The van der Waals surface area contributed by atoms with Crippen LogP contribution in [-0.4, -0.2) is 28.6 Å². The Morgan fingerprint density at radius 2 is 1.95 bits per heavy atom. The highest BCUT2D eigenvalue weighted by atomic mass is 16.5. The quantitative estimate of drug-likeness (QED) is 0.725. The molecule has 22 heavy (non-hydrogen) atoms. The van der Waals surface area contributed by atoms with Gasteiger partial charge in [-0.05, 0) is 37.6 Å². The highest BCUT2D eigenvalue weighted by Gasteiger charge is 2.17. The maximum absolute atomic E-state index is 11.8. The number of aryl methyl sites for hydroxylation is 1. The predicted octanol–water partition coefficient (Wildman–Crippen LogP) is 3.50. The second-order valence-corrected chi connectivity index (χ2v) is 5.09. The SMILES string of the molecule is CCOC(=O)c1ccc2c(c1)[nH]c1ccc(C)c(C(=O)O)c12. The maximum atomic E-state index is 11.8. The average molecular weight is 297 g/mol. The van der Waals surface area contributed by atoms with Crippen molar-refractivity contribution >= 4 is 33.7 Å². The molecule has 0 atom stereocenters. The molecule has 1 aromatic heterocycles. The zero-order chi connectivity index (χ0) is 15.9. The van der Waals surface area contributed by atoms with Crippen LogP contribution in [0.2, 0.25) is 0 Å². The van der Waals surface area contributed by atoms with E-state index in [1.807, 2.05) is 6.07 Å². The molecular weight excluding hydrogens is 282 g/mol. The number of esters is 1. The van der Waals surface area contributed by atoms with Gasteiger partial charge in [0, 0.05) is 21.8 Å². The molecule has 0 bridgehead atoms. The van der Waals surface area contributed by atoms with Gasteiger partial charge in [0.25, 0.3) is 0 Å². The summed E-state index contributed by atoms with van der Waals surface area (Å²) in [4.78, 5) is 26.5. The van der Waals surface area contributed by atoms with Crippen molar-refractivity contribution < 1.29 is 19.4 Å². The minimum atomic E-state index is -0.960. The number of ether oxygens (including phenoxy) is 1. The average Bonchev–Trinajstić information content (AvgIpc) is 2.84. The Morgan fingerprint density at radius 3 is 2.64 bits per heavy atom. The zero-order valence-corrected chi connectivity index (χ0v) is 12.3. The Kier molecular flexibility index (Phi) is 3.33. The van der Waals surface area contributed by atoms with Gasteiger partial charge in [-0.15, -0.1) is 0 Å². The van der Waals surface area contributed by atoms with Gasteiger partial charge in [-0.3, -0.25) is 0 Å². The van der Waals surface area contributed by atoms with Gasteiger partial charge in [-0.1, -0.05) is 12.1 Å². The molecule has 5 nitrogen and oxygen atoms in total. The Bertz CT molecular complexity index is 908. The molecule has 0 aliphatic rings. The van der Waals surface area contributed by atoms with Gasteiger partial charge < -0.3 is 14.8 Å². The summed E-state index contributed by atoms with van der Waals surface area (Å²) in [6, 6.07) is 8.72. The molecule has 0 aliphatic carbocycles. The van der Waals surface area contributed by atoms with Gasteiger partial charge in [0.15, 0.2) is 0 Å². The Balaban J connectivity index is 2.29. The standard InChI is InChI=1S/C17H15NO4/c1-3-22-17(21)10-5-6-11-13(8-10)18-12-7-4-9(2)14(15(11)12)16(19)20/h4-8,18H,3H2,1-2H3,(H,19,20). The Morgan fingerprint density at radius 1 is 1.18 bits per heavy atom. The number of aromatic amines is 1. The highest BCUT2D eigenvalue weighted by molar-refractivity contribution is 6.17. The number of aromatic carboxylic acids is 1. The molecule has 1 heterocycles. The molecule has 0 fully saturated rings. The first-order valence-electron chi connectivity index (χ1n) is 6.98. The van der Waals surface area contributed by atoms with Crippen molar-refractivity contribution in [1.82, 2.24) is 4.98 Å². The smallest absolute Gasteiger partial charge is 0.338 e. The van der Waals surface area contributed by atoms with Gasteiger partial charge in [-0.25, -0.2) is 9.59 Å². The lowest BCUT2D eigenvalue weighted by Gasteiger charge is -2.03. The molecule has 0 amide bonds. The molecule has 3 aromatic rings. The van der Waals surface area contributed by atoms with Crippen LogP contribution >= 0.6 is 0 Å². The number of nitrogens with one attached hydrogen (secondary N) is 1. The number of hydrogen-bond donors (Lipinski definition) is 2. The molecule has 0 saturated carbocycles. The lowest BCUT2D eigenvalue weighted by Crippen LogP contribution is -2.04. The Hall–Kier alpha value is -2.82. The normalized spacial score (nSPS) is 11.0. The second kappa shape index (κ2) is 5.18. The number of carbonyl (C=O) groups is 2. The van der Waals surface area contributed by atoms with Crippen LogP contribution in [0, 0.1) is 6.92 Å². The van der Waals surface area contributed by atoms with E-state index in [2.05, 4.69) is 4.98 Å². The number of aromatic nitrogens is 1. The van der Waals surface area contributed by atoms with Gasteiger partial charge in [0.05, 0.1) is 17.7 Å². The van der Waals surface area contributed by atoms with Crippen molar-refractivity contribution in [2.24, 2.45) is 0 Å². The second-order valence-electron chi connectivity index (χ2n) is 5.09. The molecule has 0 aliphatic heterocycles. The number of carbonyl (C=O) groups excluding carboxylic acids is 1. The molecule has 2 aromatic carbocycles. The number of hydrogen-bond acceptors (Lipinski definition) is 3. The first-order valence-corrected chi connectivity index (χ1v) is 6.98. The number of fused-ring (bicyclic) bond motifs is 3. The third-order valence-corrected chi connectivity index (χ3v) is 3.70. The third kappa shape index (κ3) is 2.11. The number of rotatable bonds is 3. The fraction of sp³-hybridized carbons (Fsp3) is 0.176. The number of carboxylic acid groups (broad SMARTS) is 1. The van der Waals surface area contributed by atoms with E-state index in [4.69, 9.17) is 4.74 Å². The highest BCUT2D eigenvalue weighted by Crippen LogP contribution is 2.31. The van der Waals surface area contributed by atoms with E-state index in [-0.39, 0.29) is 5.56 Å². The Labute approximate surface area is 126 Å². The molecule has 0 unspecified atom stereocenters. The summed E-state index contributed by atoms with van der Waals surface area (Å²) in [7, 11) is 0. The predicted molar refractivity (Wildman–Crippen MR) is 83.5 cm³/mol. The van der Waals surface area contributed by atoms with Crippen LogP contribution in [0.4, 0.5) is 0 Å². The van der Waals surface area contributed by atoms with Crippen LogP contribution in [0.15, 0.2) is 30.3 Å². The van der Waals surface area contributed by atoms with E-state index in [0.717, 1.165) is 10.9 Å². The molecule has 3 rings (SSSR count). The molecule has 0 saturated heterocycles. The van der Waals surface area contributed by atoms with Crippen LogP contribution in [0.1, 0.15) is 33.2 Å². The van der Waals surface area contributed by atoms with Crippen LogP contribution in [0.3, 0.4) is 0 Å². The van der Waals surface area contributed by atoms with E-state index in [1.165, 1.54) is 0 Å².